The van der Waals surface area contributed by atoms with Crippen molar-refractivity contribution in [1.82, 2.24) is 0 Å². The Morgan fingerprint density at radius 3 is 2.21 bits per heavy atom. The van der Waals surface area contributed by atoms with Crippen LogP contribution in [0.25, 0.3) is 10.4 Å². The van der Waals surface area contributed by atoms with Gasteiger partial charge in [0.05, 0.1) is 16.8 Å². The zero-order chi connectivity index (χ0) is 17.1. The number of anilines is 1. The van der Waals surface area contributed by atoms with Gasteiger partial charge in [-0.05, 0) is 49.1 Å². The van der Waals surface area contributed by atoms with E-state index < -0.39 is 5.97 Å². The van der Waals surface area contributed by atoms with Crippen LogP contribution in [0, 0.1) is 22.7 Å². The molecular formula is C18H15N3O2S. The first-order valence-electron chi connectivity index (χ1n) is 7.70. The minimum Gasteiger partial charge on any atom is -0.477 e. The molecule has 0 unspecified atom stereocenters. The number of carboxylic acid groups (broad SMARTS) is 1. The van der Waals surface area contributed by atoms with Crippen LogP contribution in [0.1, 0.15) is 40.1 Å². The van der Waals surface area contributed by atoms with Gasteiger partial charge in [0.25, 0.3) is 0 Å². The smallest absolute Gasteiger partial charge is 0.345 e. The summed E-state index contributed by atoms with van der Waals surface area (Å²) in [5, 5.41) is 28.2. The SMILES string of the molecule is N#Cc1cc(-c2ccc(C(=O)O)s2)cc(C#N)c1N1CCCCC1. The Morgan fingerprint density at radius 2 is 1.71 bits per heavy atom. The molecule has 1 aliphatic rings. The molecule has 2 heterocycles. The van der Waals surface area contributed by atoms with Crippen molar-refractivity contribution in [3.63, 3.8) is 0 Å². The molecule has 24 heavy (non-hydrogen) atoms. The predicted octanol–water partition coefficient (Wildman–Crippen LogP) is 3.85. The predicted molar refractivity (Wildman–Crippen MR) is 92.2 cm³/mol. The van der Waals surface area contributed by atoms with E-state index in [1.54, 1.807) is 24.3 Å². The summed E-state index contributed by atoms with van der Waals surface area (Å²) < 4.78 is 0. The van der Waals surface area contributed by atoms with Crippen LogP contribution in [0.5, 0.6) is 0 Å². The van der Waals surface area contributed by atoms with E-state index in [0.717, 1.165) is 42.1 Å². The van der Waals surface area contributed by atoms with Crippen LogP contribution in [0.2, 0.25) is 0 Å². The molecule has 0 atom stereocenters. The molecule has 120 valence electrons. The van der Waals surface area contributed by atoms with E-state index in [1.165, 1.54) is 6.42 Å². The molecule has 1 aromatic heterocycles. The number of thiophene rings is 1. The highest BCUT2D eigenvalue weighted by Crippen LogP contribution is 2.35. The van der Waals surface area contributed by atoms with Gasteiger partial charge >= 0.3 is 5.97 Å². The standard InChI is InChI=1S/C18H15N3O2S/c19-10-13-8-12(15-4-5-16(24-15)18(22)23)9-14(11-20)17(13)21-6-2-1-3-7-21/h4-5,8-9H,1-3,6-7H2,(H,22,23). The first-order chi connectivity index (χ1) is 11.6. The number of nitriles is 2. The second-order valence-electron chi connectivity index (χ2n) is 5.66. The van der Waals surface area contributed by atoms with E-state index in [2.05, 4.69) is 17.0 Å². The first kappa shape index (κ1) is 16.0. The number of carbonyl (C=O) groups is 1. The molecule has 0 aliphatic carbocycles. The number of nitrogens with zero attached hydrogens (tertiary/aromatic N) is 3. The maximum Gasteiger partial charge on any atom is 0.345 e. The van der Waals surface area contributed by atoms with Gasteiger partial charge in [0.1, 0.15) is 17.0 Å². The fourth-order valence-electron chi connectivity index (χ4n) is 3.01. The van der Waals surface area contributed by atoms with Gasteiger partial charge < -0.3 is 10.0 Å². The largest absolute Gasteiger partial charge is 0.477 e. The third-order valence-corrected chi connectivity index (χ3v) is 5.25. The van der Waals surface area contributed by atoms with Crippen molar-refractivity contribution >= 4 is 23.0 Å². The van der Waals surface area contributed by atoms with E-state index in [1.807, 2.05) is 0 Å². The van der Waals surface area contributed by atoms with Gasteiger partial charge in [0.15, 0.2) is 0 Å². The topological polar surface area (TPSA) is 88.1 Å². The van der Waals surface area contributed by atoms with Crippen molar-refractivity contribution < 1.29 is 9.90 Å². The highest BCUT2D eigenvalue weighted by molar-refractivity contribution is 7.17. The monoisotopic (exact) mass is 337 g/mol. The van der Waals surface area contributed by atoms with E-state index in [4.69, 9.17) is 5.11 Å². The van der Waals surface area contributed by atoms with Gasteiger partial charge in [-0.15, -0.1) is 11.3 Å². The molecule has 0 bridgehead atoms. The molecule has 0 radical (unpaired) electrons. The van der Waals surface area contributed by atoms with Crippen LogP contribution in [0.4, 0.5) is 5.69 Å². The minimum absolute atomic E-state index is 0.238. The average Bonchev–Trinajstić information content (AvgIpc) is 3.11. The summed E-state index contributed by atoms with van der Waals surface area (Å²) in [4.78, 5) is 14.1. The number of hydrogen-bond acceptors (Lipinski definition) is 5. The Morgan fingerprint density at radius 1 is 1.08 bits per heavy atom. The quantitative estimate of drug-likeness (QED) is 0.919. The summed E-state index contributed by atoms with van der Waals surface area (Å²) in [7, 11) is 0. The number of piperidine rings is 1. The van der Waals surface area contributed by atoms with Gasteiger partial charge in [0, 0.05) is 18.0 Å². The molecule has 1 N–H and O–H groups in total. The summed E-state index contributed by atoms with van der Waals surface area (Å²) in [6.07, 6.45) is 3.29. The van der Waals surface area contributed by atoms with Crippen molar-refractivity contribution in [2.45, 2.75) is 19.3 Å². The lowest BCUT2D eigenvalue weighted by Gasteiger charge is -2.30. The maximum absolute atomic E-state index is 11.1. The first-order valence-corrected chi connectivity index (χ1v) is 8.52. The zero-order valence-electron chi connectivity index (χ0n) is 13.0. The zero-order valence-corrected chi connectivity index (χ0v) is 13.8. The van der Waals surface area contributed by atoms with Gasteiger partial charge in [-0.1, -0.05) is 0 Å². The molecule has 1 fully saturated rings. The lowest BCUT2D eigenvalue weighted by Crippen LogP contribution is -2.30. The Hall–Kier alpha value is -2.83. The lowest BCUT2D eigenvalue weighted by molar-refractivity contribution is 0.0702. The number of aromatic carboxylic acids is 1. The fraction of sp³-hybridized carbons (Fsp3) is 0.278. The number of carboxylic acids is 1. The Labute approximate surface area is 144 Å². The second kappa shape index (κ2) is 6.74. The van der Waals surface area contributed by atoms with Crippen LogP contribution in [0.15, 0.2) is 24.3 Å². The van der Waals surface area contributed by atoms with Crippen molar-refractivity contribution in [2.75, 3.05) is 18.0 Å². The summed E-state index contributed by atoms with van der Waals surface area (Å²) in [6.45, 7) is 1.70. The highest BCUT2D eigenvalue weighted by Gasteiger charge is 2.20. The summed E-state index contributed by atoms with van der Waals surface area (Å²) >= 11 is 1.14. The molecule has 1 aliphatic heterocycles. The average molecular weight is 337 g/mol. The fourth-order valence-corrected chi connectivity index (χ4v) is 3.85. The van der Waals surface area contributed by atoms with Gasteiger partial charge in [0.2, 0.25) is 0 Å². The number of benzene rings is 1. The van der Waals surface area contributed by atoms with Crippen LogP contribution in [-0.4, -0.2) is 24.2 Å². The van der Waals surface area contributed by atoms with Gasteiger partial charge in [-0.25, -0.2) is 4.79 Å². The van der Waals surface area contributed by atoms with E-state index in [9.17, 15) is 15.3 Å². The maximum atomic E-state index is 11.1. The van der Waals surface area contributed by atoms with Crippen LogP contribution in [-0.2, 0) is 0 Å². The van der Waals surface area contributed by atoms with Crippen LogP contribution < -0.4 is 4.90 Å². The summed E-state index contributed by atoms with van der Waals surface area (Å²) in [5.74, 6) is -0.975. The molecule has 0 saturated carbocycles. The minimum atomic E-state index is -0.975. The second-order valence-corrected chi connectivity index (χ2v) is 6.74. The molecule has 5 nitrogen and oxygen atoms in total. The van der Waals surface area contributed by atoms with Gasteiger partial charge in [-0.2, -0.15) is 10.5 Å². The van der Waals surface area contributed by atoms with Crippen molar-refractivity contribution in [1.29, 1.82) is 10.5 Å². The highest BCUT2D eigenvalue weighted by atomic mass is 32.1. The van der Waals surface area contributed by atoms with Crippen molar-refractivity contribution in [3.05, 3.63) is 40.3 Å². The summed E-state index contributed by atoms with van der Waals surface area (Å²) in [6, 6.07) is 11.2. The molecule has 1 saturated heterocycles. The molecule has 2 aromatic rings. The third-order valence-electron chi connectivity index (χ3n) is 4.12. The number of rotatable bonds is 3. The van der Waals surface area contributed by atoms with E-state index in [0.29, 0.717) is 22.4 Å². The van der Waals surface area contributed by atoms with Crippen molar-refractivity contribution in [2.24, 2.45) is 0 Å². The Balaban J connectivity index is 2.08. The van der Waals surface area contributed by atoms with Crippen molar-refractivity contribution in [3.8, 4) is 22.6 Å². The molecule has 6 heteroatoms. The molecule has 0 spiro atoms. The number of hydrogen-bond donors (Lipinski definition) is 1. The summed E-state index contributed by atoms with van der Waals surface area (Å²) in [5.41, 5.74) is 2.35. The van der Waals surface area contributed by atoms with Gasteiger partial charge in [-0.3, -0.25) is 0 Å². The Kier molecular flexibility index (Phi) is 4.50. The van der Waals surface area contributed by atoms with Crippen LogP contribution in [0.3, 0.4) is 0 Å². The Bertz CT molecular complexity index is 832. The lowest BCUT2D eigenvalue weighted by atomic mass is 10.00. The van der Waals surface area contributed by atoms with E-state index >= 15 is 0 Å². The normalized spacial score (nSPS) is 14.0. The van der Waals surface area contributed by atoms with E-state index in [-0.39, 0.29) is 4.88 Å². The van der Waals surface area contributed by atoms with Crippen LogP contribution >= 0.6 is 11.3 Å². The molecule has 1 aromatic carbocycles. The molecular weight excluding hydrogens is 322 g/mol. The third kappa shape index (κ3) is 2.97. The molecule has 0 amide bonds. The molecule has 3 rings (SSSR count).